The maximum atomic E-state index is 12.0. The number of H-pyrrole nitrogens is 1. The van der Waals surface area contributed by atoms with Crippen LogP contribution in [0.25, 0.3) is 11.1 Å². The molecule has 1 N–H and O–H groups in total. The van der Waals surface area contributed by atoms with Gasteiger partial charge < -0.3 is 9.15 Å². The van der Waals surface area contributed by atoms with E-state index in [9.17, 15) is 9.59 Å². The van der Waals surface area contributed by atoms with Crippen LogP contribution < -0.4 is 15.9 Å². The van der Waals surface area contributed by atoms with Crippen molar-refractivity contribution in [1.29, 1.82) is 0 Å². The molecule has 0 aliphatic carbocycles. The van der Waals surface area contributed by atoms with Crippen LogP contribution in [0.15, 0.2) is 20.1 Å². The molecule has 2 rings (SSSR count). The second-order valence-corrected chi connectivity index (χ2v) is 4.30. The smallest absolute Gasteiger partial charge is 0.337 e. The molecule has 6 heteroatoms. The third-order valence-electron chi connectivity index (χ3n) is 2.92. The number of unbranched alkanes of at least 4 members (excludes halogenated alkanes) is 2. The number of methoxy groups -OCH3 is 1. The van der Waals surface area contributed by atoms with Gasteiger partial charge in [0.2, 0.25) is 5.71 Å². The van der Waals surface area contributed by atoms with Crippen LogP contribution in [-0.4, -0.2) is 17.1 Å². The van der Waals surface area contributed by atoms with E-state index in [1.54, 1.807) is 0 Å². The molecular weight excluding hydrogens is 248 g/mol. The first kappa shape index (κ1) is 13.3. The molecule has 0 aliphatic heterocycles. The molecule has 2 aromatic rings. The zero-order valence-corrected chi connectivity index (χ0v) is 11.0. The number of nitrogens with one attached hydrogen (secondary N) is 1. The lowest BCUT2D eigenvalue weighted by molar-refractivity contribution is 0.376. The van der Waals surface area contributed by atoms with Gasteiger partial charge in [0.05, 0.1) is 7.11 Å². The molecule has 0 unspecified atom stereocenters. The highest BCUT2D eigenvalue weighted by molar-refractivity contribution is 5.75. The molecule has 0 saturated heterocycles. The molecule has 0 fully saturated rings. The van der Waals surface area contributed by atoms with E-state index in [-0.39, 0.29) is 17.3 Å². The van der Waals surface area contributed by atoms with Gasteiger partial charge in [0.15, 0.2) is 0 Å². The summed E-state index contributed by atoms with van der Waals surface area (Å²) >= 11 is 0. The third kappa shape index (κ3) is 2.83. The molecule has 0 saturated carbocycles. The van der Waals surface area contributed by atoms with Gasteiger partial charge in [0, 0.05) is 6.07 Å². The number of hydrogen-bond donors (Lipinski definition) is 1. The zero-order valence-electron chi connectivity index (χ0n) is 11.0. The summed E-state index contributed by atoms with van der Waals surface area (Å²) in [7, 11) is 1.38. The Kier molecular flexibility index (Phi) is 3.99. The van der Waals surface area contributed by atoms with Crippen LogP contribution in [0.3, 0.4) is 0 Å². The summed E-state index contributed by atoms with van der Waals surface area (Å²) in [6.45, 7) is 2.09. The van der Waals surface area contributed by atoms with E-state index in [2.05, 4.69) is 16.9 Å². The predicted molar refractivity (Wildman–Crippen MR) is 70.7 cm³/mol. The van der Waals surface area contributed by atoms with Gasteiger partial charge >= 0.3 is 5.63 Å². The normalized spacial score (nSPS) is 10.8. The SMILES string of the molecule is CCCCCc1cc(=O)oc2nc(OC)[nH]c(=O)c12. The van der Waals surface area contributed by atoms with Gasteiger partial charge in [-0.25, -0.2) is 4.79 Å². The van der Waals surface area contributed by atoms with E-state index in [1.165, 1.54) is 13.2 Å². The van der Waals surface area contributed by atoms with Crippen molar-refractivity contribution >= 4 is 11.1 Å². The third-order valence-corrected chi connectivity index (χ3v) is 2.92. The molecule has 6 nitrogen and oxygen atoms in total. The summed E-state index contributed by atoms with van der Waals surface area (Å²) in [5.74, 6) is 0. The second-order valence-electron chi connectivity index (χ2n) is 4.30. The van der Waals surface area contributed by atoms with Gasteiger partial charge in [-0.1, -0.05) is 19.8 Å². The van der Waals surface area contributed by atoms with Crippen molar-refractivity contribution in [1.82, 2.24) is 9.97 Å². The van der Waals surface area contributed by atoms with Crippen LogP contribution in [-0.2, 0) is 6.42 Å². The maximum absolute atomic E-state index is 12.0. The van der Waals surface area contributed by atoms with Gasteiger partial charge in [-0.15, -0.1) is 0 Å². The summed E-state index contributed by atoms with van der Waals surface area (Å²) in [6.07, 6.45) is 3.69. The number of ether oxygens (including phenoxy) is 1. The van der Waals surface area contributed by atoms with Crippen LogP contribution in [0.5, 0.6) is 6.01 Å². The quantitative estimate of drug-likeness (QED) is 0.829. The molecule has 0 bridgehead atoms. The average Bonchev–Trinajstić information content (AvgIpc) is 2.37. The maximum Gasteiger partial charge on any atom is 0.337 e. The number of aromatic nitrogens is 2. The highest BCUT2D eigenvalue weighted by Gasteiger charge is 2.12. The Morgan fingerprint density at radius 3 is 2.84 bits per heavy atom. The van der Waals surface area contributed by atoms with Crippen molar-refractivity contribution < 1.29 is 9.15 Å². The van der Waals surface area contributed by atoms with Crippen LogP contribution in [0.2, 0.25) is 0 Å². The molecule has 2 heterocycles. The summed E-state index contributed by atoms with van der Waals surface area (Å²) < 4.78 is 9.82. The lowest BCUT2D eigenvalue weighted by atomic mass is 10.1. The van der Waals surface area contributed by atoms with Crippen molar-refractivity contribution in [2.75, 3.05) is 7.11 Å². The van der Waals surface area contributed by atoms with Gasteiger partial charge in [0.25, 0.3) is 11.6 Å². The molecule has 0 aromatic carbocycles. The standard InChI is InChI=1S/C13H16N2O4/c1-3-4-5-6-8-7-9(16)19-12-10(8)11(17)14-13(15-12)18-2/h7H,3-6H2,1-2H3,(H,14,15,17). The summed E-state index contributed by atoms with van der Waals surface area (Å²) in [5, 5.41) is 0.330. The number of fused-ring (bicyclic) bond motifs is 1. The molecule has 0 amide bonds. The fraction of sp³-hybridized carbons (Fsp3) is 0.462. The topological polar surface area (TPSA) is 85.2 Å². The number of nitrogens with zero attached hydrogens (tertiary/aromatic N) is 1. The van der Waals surface area contributed by atoms with Crippen molar-refractivity contribution in [3.63, 3.8) is 0 Å². The van der Waals surface area contributed by atoms with Crippen molar-refractivity contribution in [2.45, 2.75) is 32.6 Å². The Bertz CT molecular complexity index is 687. The summed E-state index contributed by atoms with van der Waals surface area (Å²) in [4.78, 5) is 29.9. The Morgan fingerprint density at radius 1 is 1.37 bits per heavy atom. The number of aryl methyl sites for hydroxylation is 1. The lowest BCUT2D eigenvalue weighted by Crippen LogP contribution is -2.14. The highest BCUT2D eigenvalue weighted by Crippen LogP contribution is 2.15. The molecule has 0 atom stereocenters. The fourth-order valence-electron chi connectivity index (χ4n) is 1.99. The first-order chi connectivity index (χ1) is 9.15. The van der Waals surface area contributed by atoms with Gasteiger partial charge in [-0.3, -0.25) is 9.78 Å². The van der Waals surface area contributed by atoms with Crippen LogP contribution in [0.4, 0.5) is 0 Å². The second kappa shape index (κ2) is 5.69. The monoisotopic (exact) mass is 264 g/mol. The number of aromatic amines is 1. The molecule has 0 aliphatic rings. The minimum absolute atomic E-state index is 0.0274. The molecule has 2 aromatic heterocycles. The zero-order chi connectivity index (χ0) is 13.8. The largest absolute Gasteiger partial charge is 0.468 e. The Hall–Kier alpha value is -2.11. The molecular formula is C13H16N2O4. The molecule has 0 radical (unpaired) electrons. The van der Waals surface area contributed by atoms with Crippen molar-refractivity contribution in [3.05, 3.63) is 32.4 Å². The molecule has 19 heavy (non-hydrogen) atoms. The Labute approximate surface area is 109 Å². The average molecular weight is 264 g/mol. The first-order valence-corrected chi connectivity index (χ1v) is 6.26. The van der Waals surface area contributed by atoms with Gasteiger partial charge in [-0.05, 0) is 18.4 Å². The lowest BCUT2D eigenvalue weighted by Gasteiger charge is -2.04. The number of hydrogen-bond acceptors (Lipinski definition) is 5. The van der Waals surface area contributed by atoms with Crippen LogP contribution >= 0.6 is 0 Å². The van der Waals surface area contributed by atoms with Crippen LogP contribution in [0, 0.1) is 0 Å². The van der Waals surface area contributed by atoms with E-state index in [0.717, 1.165) is 19.3 Å². The van der Waals surface area contributed by atoms with Crippen molar-refractivity contribution in [3.8, 4) is 6.01 Å². The minimum Gasteiger partial charge on any atom is -0.468 e. The van der Waals surface area contributed by atoms with Gasteiger partial charge in [-0.2, -0.15) is 4.98 Å². The summed E-state index contributed by atoms with van der Waals surface area (Å²) in [6, 6.07) is 1.40. The van der Waals surface area contributed by atoms with E-state index >= 15 is 0 Å². The minimum atomic E-state index is -0.501. The predicted octanol–water partition coefficient (Wildman–Crippen LogP) is 1.62. The summed E-state index contributed by atoms with van der Waals surface area (Å²) in [5.41, 5.74) is -0.146. The van der Waals surface area contributed by atoms with E-state index in [1.807, 2.05) is 0 Å². The van der Waals surface area contributed by atoms with Crippen molar-refractivity contribution in [2.24, 2.45) is 0 Å². The van der Waals surface area contributed by atoms with E-state index in [4.69, 9.17) is 9.15 Å². The first-order valence-electron chi connectivity index (χ1n) is 6.26. The fourth-order valence-corrected chi connectivity index (χ4v) is 1.99. The van der Waals surface area contributed by atoms with E-state index in [0.29, 0.717) is 17.4 Å². The molecule has 0 spiro atoms. The number of rotatable bonds is 5. The Balaban J connectivity index is 2.57. The highest BCUT2D eigenvalue weighted by atomic mass is 16.5. The van der Waals surface area contributed by atoms with Crippen LogP contribution in [0.1, 0.15) is 31.7 Å². The molecule has 102 valence electrons. The van der Waals surface area contributed by atoms with Gasteiger partial charge in [0.1, 0.15) is 5.39 Å². The van der Waals surface area contributed by atoms with E-state index < -0.39 is 5.63 Å². The Morgan fingerprint density at radius 2 is 2.16 bits per heavy atom.